The molecule has 1 aromatic carbocycles. The van der Waals surface area contributed by atoms with Crippen molar-refractivity contribution in [2.45, 2.75) is 71.3 Å². The maximum Gasteiger partial charge on any atom is 0.410 e. The number of hydrogen-bond acceptors (Lipinski definition) is 6. The summed E-state index contributed by atoms with van der Waals surface area (Å²) in [6.07, 6.45) is -1.24. The Kier molecular flexibility index (Phi) is 9.30. The van der Waals surface area contributed by atoms with Crippen LogP contribution in [0.4, 0.5) is 13.6 Å². The van der Waals surface area contributed by atoms with Crippen molar-refractivity contribution >= 4 is 17.7 Å². The van der Waals surface area contributed by atoms with Gasteiger partial charge in [-0.25, -0.2) is 13.6 Å². The van der Waals surface area contributed by atoms with Gasteiger partial charge in [0.25, 0.3) is 0 Å². The number of benzene rings is 1. The zero-order valence-corrected chi connectivity index (χ0v) is 20.9. The molecular formula is C25H35F2NO6. The number of methoxy groups -OCH3 is 2. The van der Waals surface area contributed by atoms with Crippen LogP contribution in [0, 0.1) is 23.5 Å². The first-order valence-corrected chi connectivity index (χ1v) is 11.4. The first kappa shape index (κ1) is 27.9. The van der Waals surface area contributed by atoms with Gasteiger partial charge in [0, 0.05) is 32.5 Å². The van der Waals surface area contributed by atoms with Gasteiger partial charge in [0.15, 0.2) is 5.78 Å². The molecule has 1 heterocycles. The van der Waals surface area contributed by atoms with Crippen LogP contribution in [0.15, 0.2) is 18.2 Å². The predicted molar refractivity (Wildman–Crippen MR) is 122 cm³/mol. The lowest BCUT2D eigenvalue weighted by atomic mass is 9.85. The molecule has 0 N–H and O–H groups in total. The highest BCUT2D eigenvalue weighted by molar-refractivity contribution is 6.00. The molecular weight excluding hydrogens is 448 g/mol. The van der Waals surface area contributed by atoms with E-state index in [2.05, 4.69) is 0 Å². The summed E-state index contributed by atoms with van der Waals surface area (Å²) >= 11 is 0. The zero-order chi connectivity index (χ0) is 25.8. The van der Waals surface area contributed by atoms with Crippen molar-refractivity contribution in [1.82, 2.24) is 4.90 Å². The van der Waals surface area contributed by atoms with Crippen LogP contribution >= 0.6 is 0 Å². The number of ketones is 2. The van der Waals surface area contributed by atoms with Crippen LogP contribution in [-0.2, 0) is 19.0 Å². The fraction of sp³-hybridized carbons (Fsp3) is 0.640. The fourth-order valence-electron chi connectivity index (χ4n) is 4.28. The van der Waals surface area contributed by atoms with E-state index in [-0.39, 0.29) is 24.9 Å². The second kappa shape index (κ2) is 11.4. The molecule has 7 nitrogen and oxygen atoms in total. The van der Waals surface area contributed by atoms with Crippen LogP contribution in [0.1, 0.15) is 57.8 Å². The third-order valence-corrected chi connectivity index (χ3v) is 6.08. The van der Waals surface area contributed by atoms with Gasteiger partial charge in [-0.3, -0.25) is 14.5 Å². The van der Waals surface area contributed by atoms with E-state index >= 15 is 0 Å². The van der Waals surface area contributed by atoms with E-state index in [1.165, 1.54) is 25.0 Å². The number of halogens is 2. The normalized spacial score (nSPS) is 21.1. The van der Waals surface area contributed by atoms with Crippen molar-refractivity contribution in [3.8, 4) is 0 Å². The van der Waals surface area contributed by atoms with Crippen molar-refractivity contribution in [2.24, 2.45) is 11.8 Å². The number of hydrogen-bond donors (Lipinski definition) is 0. The molecule has 0 saturated carbocycles. The highest BCUT2D eigenvalue weighted by Crippen LogP contribution is 2.31. The number of nitrogens with zero attached hydrogens (tertiary/aromatic N) is 1. The average Bonchev–Trinajstić information content (AvgIpc) is 3.17. The molecule has 1 saturated heterocycles. The maximum absolute atomic E-state index is 14.0. The summed E-state index contributed by atoms with van der Waals surface area (Å²) in [5, 5.41) is 0. The minimum Gasteiger partial charge on any atom is -0.444 e. The third-order valence-electron chi connectivity index (χ3n) is 6.08. The second-order valence-electron chi connectivity index (χ2n) is 9.81. The molecule has 190 valence electrons. The van der Waals surface area contributed by atoms with Crippen molar-refractivity contribution in [2.75, 3.05) is 20.8 Å². The van der Waals surface area contributed by atoms with Gasteiger partial charge in [0.2, 0.25) is 0 Å². The molecule has 0 aromatic heterocycles. The Morgan fingerprint density at radius 1 is 1.12 bits per heavy atom. The summed E-state index contributed by atoms with van der Waals surface area (Å²) in [6.45, 7) is 8.70. The van der Waals surface area contributed by atoms with Crippen LogP contribution in [-0.4, -0.2) is 67.2 Å². The molecule has 1 aliphatic rings. The Bertz CT molecular complexity index is 880. The number of ether oxygens (including phenoxy) is 3. The van der Waals surface area contributed by atoms with E-state index in [4.69, 9.17) is 14.2 Å². The van der Waals surface area contributed by atoms with Gasteiger partial charge in [-0.15, -0.1) is 0 Å². The lowest BCUT2D eigenvalue weighted by Crippen LogP contribution is -2.49. The van der Waals surface area contributed by atoms with Gasteiger partial charge in [-0.05, 0) is 39.3 Å². The van der Waals surface area contributed by atoms with Crippen LogP contribution in [0.2, 0.25) is 0 Å². The van der Waals surface area contributed by atoms with E-state index in [0.29, 0.717) is 6.42 Å². The Labute approximate surface area is 199 Å². The molecule has 1 aliphatic heterocycles. The van der Waals surface area contributed by atoms with Crippen molar-refractivity contribution in [3.63, 3.8) is 0 Å². The number of carbonyl (C=O) groups excluding carboxylic acids is 3. The summed E-state index contributed by atoms with van der Waals surface area (Å²) in [5.41, 5.74) is -1.34. The highest BCUT2D eigenvalue weighted by atomic mass is 19.1. The maximum atomic E-state index is 14.0. The van der Waals surface area contributed by atoms with Gasteiger partial charge < -0.3 is 14.2 Å². The Morgan fingerprint density at radius 3 is 2.21 bits per heavy atom. The van der Waals surface area contributed by atoms with Crippen molar-refractivity contribution in [1.29, 1.82) is 0 Å². The van der Waals surface area contributed by atoms with Gasteiger partial charge in [-0.1, -0.05) is 19.9 Å². The minimum absolute atomic E-state index is 0.222. The predicted octanol–water partition coefficient (Wildman–Crippen LogP) is 4.42. The van der Waals surface area contributed by atoms with Crippen LogP contribution in [0.3, 0.4) is 0 Å². The van der Waals surface area contributed by atoms with Crippen molar-refractivity contribution < 1.29 is 37.4 Å². The molecule has 0 unspecified atom stereocenters. The summed E-state index contributed by atoms with van der Waals surface area (Å²) in [4.78, 5) is 40.1. The van der Waals surface area contributed by atoms with E-state index in [9.17, 15) is 23.2 Å². The van der Waals surface area contributed by atoms with E-state index in [1.807, 2.05) is 0 Å². The Hall–Kier alpha value is -2.39. The van der Waals surface area contributed by atoms with E-state index in [0.717, 1.165) is 12.1 Å². The van der Waals surface area contributed by atoms with E-state index < -0.39 is 58.7 Å². The highest BCUT2D eigenvalue weighted by Gasteiger charge is 2.45. The first-order valence-electron chi connectivity index (χ1n) is 11.4. The van der Waals surface area contributed by atoms with E-state index in [1.54, 1.807) is 34.8 Å². The fourth-order valence-corrected chi connectivity index (χ4v) is 4.28. The molecule has 0 radical (unpaired) electrons. The van der Waals surface area contributed by atoms with Crippen molar-refractivity contribution in [3.05, 3.63) is 35.4 Å². The Morgan fingerprint density at radius 2 is 1.71 bits per heavy atom. The minimum atomic E-state index is -0.961. The monoisotopic (exact) mass is 483 g/mol. The molecule has 1 fully saturated rings. The van der Waals surface area contributed by atoms with Gasteiger partial charge in [0.05, 0.1) is 30.4 Å². The number of amides is 1. The second-order valence-corrected chi connectivity index (χ2v) is 9.81. The summed E-state index contributed by atoms with van der Waals surface area (Å²) in [5.74, 6) is -4.64. The smallest absolute Gasteiger partial charge is 0.410 e. The Balaban J connectivity index is 2.17. The number of Topliss-reactive ketones (excluding diaryl/α,β-unsaturated/α-hetero) is 2. The number of rotatable bonds is 9. The third kappa shape index (κ3) is 6.60. The lowest BCUT2D eigenvalue weighted by Gasteiger charge is -2.34. The number of carbonyl (C=O) groups is 3. The number of likely N-dealkylation sites (tertiary alicyclic amines) is 1. The SMILES string of the molecule is CO[C@@H]1C[C@@H]([C@H](OC)[C@@H](C)C(=O)C[C@H](C)C(=O)c2c(F)cccc2F)N(C(=O)OC(C)(C)C)C1. The molecule has 9 heteroatoms. The molecule has 0 spiro atoms. The van der Waals surface area contributed by atoms with Gasteiger partial charge in [0.1, 0.15) is 23.0 Å². The molecule has 0 bridgehead atoms. The quantitative estimate of drug-likeness (QED) is 0.484. The summed E-state index contributed by atoms with van der Waals surface area (Å²) < 4.78 is 44.7. The standard InChI is InChI=1S/C25H35F2NO6/c1-14(22(30)21-17(26)9-8-10-18(21)27)11-20(29)15(2)23(33-7)19-12-16(32-6)13-28(19)24(31)34-25(3,4)5/h8-10,14-16,19,23H,11-13H2,1-7H3/t14-,15-,16+,19-,23+/m0/s1. The molecule has 2 rings (SSSR count). The lowest BCUT2D eigenvalue weighted by molar-refractivity contribution is -0.129. The average molecular weight is 484 g/mol. The molecule has 0 aliphatic carbocycles. The van der Waals surface area contributed by atoms with Gasteiger partial charge >= 0.3 is 6.09 Å². The molecule has 34 heavy (non-hydrogen) atoms. The zero-order valence-electron chi connectivity index (χ0n) is 20.9. The van der Waals surface area contributed by atoms with Crippen LogP contribution in [0.25, 0.3) is 0 Å². The molecule has 1 amide bonds. The summed E-state index contributed by atoms with van der Waals surface area (Å²) in [6, 6.07) is 2.70. The molecule has 1 aromatic rings. The van der Waals surface area contributed by atoms with Crippen LogP contribution in [0.5, 0.6) is 0 Å². The topological polar surface area (TPSA) is 82.1 Å². The first-order chi connectivity index (χ1) is 15.8. The summed E-state index contributed by atoms with van der Waals surface area (Å²) in [7, 11) is 3.00. The van der Waals surface area contributed by atoms with Crippen LogP contribution < -0.4 is 0 Å². The molecule has 5 atom stereocenters. The van der Waals surface area contributed by atoms with Gasteiger partial charge in [-0.2, -0.15) is 0 Å². The largest absolute Gasteiger partial charge is 0.444 e.